The molecule has 1 heterocycles. The van der Waals surface area contributed by atoms with Crippen molar-refractivity contribution in [2.75, 3.05) is 19.8 Å². The third kappa shape index (κ3) is 22.8. The van der Waals surface area contributed by atoms with Crippen molar-refractivity contribution in [1.29, 1.82) is 0 Å². The van der Waals surface area contributed by atoms with Crippen LogP contribution in [0.5, 0.6) is 0 Å². The maximum absolute atomic E-state index is 13.1. The van der Waals surface area contributed by atoms with Crippen molar-refractivity contribution in [3.05, 3.63) is 0 Å². The smallest absolute Gasteiger partial charge is 0.550 e. The largest absolute Gasteiger partial charge is 1.00 e. The van der Waals surface area contributed by atoms with Gasteiger partial charge in [-0.3, -0.25) is 9.59 Å². The van der Waals surface area contributed by atoms with Gasteiger partial charge in [0, 0.05) is 18.9 Å². The molecule has 1 aliphatic rings. The Bertz CT molecular complexity index is 822. The number of unbranched alkanes of at least 4 members (excludes halogenated alkanes) is 18. The standard InChI is InChI=1S/C35H66N2O10.Na/c1-2-3-4-5-6-7-8-9-12-15-18-21-24-36-34(45)27(26-46-35-33(44)32(43)31(42)28(25-38)47-35)37-29(39)22-19-16-13-10-11-14-17-20-23-30(40)41;/h27-28,31-33,35,38,42-44H,2-26H2,1H3,(H,36,45)(H,37,39)(H,40,41);/q;+1/p-1/t27?,28-,31+,32+,33-,35-;/m1./s1. The number of aliphatic carboxylic acids is 1. The number of ether oxygens (including phenoxy) is 2. The first kappa shape index (κ1) is 47.2. The molecule has 1 rings (SSSR count). The maximum atomic E-state index is 13.1. The van der Waals surface area contributed by atoms with E-state index < -0.39 is 55.2 Å². The van der Waals surface area contributed by atoms with Gasteiger partial charge in [-0.25, -0.2) is 0 Å². The molecule has 1 saturated heterocycles. The minimum absolute atomic E-state index is 0. The van der Waals surface area contributed by atoms with E-state index in [0.717, 1.165) is 57.8 Å². The number of aliphatic hydroxyl groups excluding tert-OH is 4. The number of hydrogen-bond acceptors (Lipinski definition) is 10. The van der Waals surface area contributed by atoms with Crippen LogP contribution >= 0.6 is 0 Å². The van der Waals surface area contributed by atoms with Crippen LogP contribution in [0.3, 0.4) is 0 Å². The van der Waals surface area contributed by atoms with Crippen molar-refractivity contribution in [3.63, 3.8) is 0 Å². The Kier molecular flexibility index (Phi) is 30.4. The summed E-state index contributed by atoms with van der Waals surface area (Å²) < 4.78 is 11.0. The molecule has 0 spiro atoms. The zero-order valence-electron chi connectivity index (χ0n) is 29.9. The van der Waals surface area contributed by atoms with Crippen LogP contribution in [0.1, 0.15) is 148 Å². The van der Waals surface area contributed by atoms with Crippen LogP contribution < -0.4 is 45.3 Å². The summed E-state index contributed by atoms with van der Waals surface area (Å²) >= 11 is 0. The van der Waals surface area contributed by atoms with Gasteiger partial charge in [0.2, 0.25) is 11.8 Å². The molecular weight excluding hydrogens is 631 g/mol. The topological polar surface area (TPSA) is 198 Å². The number of nitrogens with one attached hydrogen (secondary N) is 2. The molecule has 12 nitrogen and oxygen atoms in total. The molecule has 0 aliphatic carbocycles. The molecule has 2 amide bonds. The predicted octanol–water partition coefficient (Wildman–Crippen LogP) is -0.240. The summed E-state index contributed by atoms with van der Waals surface area (Å²) in [4.78, 5) is 36.2. The van der Waals surface area contributed by atoms with Gasteiger partial charge in [-0.2, -0.15) is 0 Å². The zero-order valence-corrected chi connectivity index (χ0v) is 31.9. The second-order valence-corrected chi connectivity index (χ2v) is 13.0. The summed E-state index contributed by atoms with van der Waals surface area (Å²) in [5, 5.41) is 55.9. The maximum Gasteiger partial charge on any atom is 1.00 e. The van der Waals surface area contributed by atoms with E-state index in [4.69, 9.17) is 9.47 Å². The fourth-order valence-electron chi connectivity index (χ4n) is 5.76. The van der Waals surface area contributed by atoms with Crippen LogP contribution in [0.25, 0.3) is 0 Å². The SMILES string of the molecule is CCCCCCCCCCCCCCNC(=O)C(CO[C@@H]1O[C@H](CO)[C@H](O)[C@H](O)[C@H]1O)NC(=O)CCCCCCCCCCC(=O)[O-].[Na+]. The molecule has 6 atom stereocenters. The van der Waals surface area contributed by atoms with Gasteiger partial charge in [-0.1, -0.05) is 116 Å². The van der Waals surface area contributed by atoms with E-state index in [1.165, 1.54) is 57.8 Å². The fraction of sp³-hybridized carbons (Fsp3) is 0.914. The number of aliphatic hydroxyl groups is 4. The molecule has 13 heteroatoms. The van der Waals surface area contributed by atoms with E-state index in [1.807, 2.05) is 0 Å². The van der Waals surface area contributed by atoms with E-state index in [9.17, 15) is 39.9 Å². The molecule has 1 fully saturated rings. The van der Waals surface area contributed by atoms with E-state index in [2.05, 4.69) is 17.6 Å². The third-order valence-electron chi connectivity index (χ3n) is 8.79. The first-order valence-electron chi connectivity index (χ1n) is 18.4. The molecule has 6 N–H and O–H groups in total. The molecule has 0 radical (unpaired) electrons. The van der Waals surface area contributed by atoms with E-state index >= 15 is 0 Å². The number of carboxylic acid groups (broad SMARTS) is 1. The Morgan fingerprint density at radius 1 is 0.708 bits per heavy atom. The molecule has 0 saturated carbocycles. The predicted molar refractivity (Wildman–Crippen MR) is 177 cm³/mol. The molecule has 1 unspecified atom stereocenters. The first-order valence-corrected chi connectivity index (χ1v) is 18.4. The van der Waals surface area contributed by atoms with Crippen molar-refractivity contribution in [2.45, 2.75) is 185 Å². The Morgan fingerprint density at radius 2 is 1.19 bits per heavy atom. The van der Waals surface area contributed by atoms with Gasteiger partial charge in [-0.15, -0.1) is 0 Å². The van der Waals surface area contributed by atoms with Crippen molar-refractivity contribution in [3.8, 4) is 0 Å². The van der Waals surface area contributed by atoms with Gasteiger partial charge in [0.15, 0.2) is 6.29 Å². The van der Waals surface area contributed by atoms with Crippen LogP contribution in [-0.2, 0) is 23.9 Å². The molecule has 48 heavy (non-hydrogen) atoms. The van der Waals surface area contributed by atoms with E-state index in [1.54, 1.807) is 0 Å². The minimum atomic E-state index is -1.61. The van der Waals surface area contributed by atoms with Gasteiger partial charge in [-0.05, 0) is 25.7 Å². The summed E-state index contributed by atoms with van der Waals surface area (Å²) in [5.41, 5.74) is 0. The van der Waals surface area contributed by atoms with Gasteiger partial charge < -0.3 is 50.4 Å². The fourth-order valence-corrected chi connectivity index (χ4v) is 5.76. The Labute approximate surface area is 310 Å². The number of amides is 2. The molecule has 1 aliphatic heterocycles. The Balaban J connectivity index is 0.0000221. The minimum Gasteiger partial charge on any atom is -0.550 e. The summed E-state index contributed by atoms with van der Waals surface area (Å²) in [6.45, 7) is 1.74. The van der Waals surface area contributed by atoms with Crippen LogP contribution in [0.4, 0.5) is 0 Å². The number of rotatable bonds is 30. The first-order chi connectivity index (χ1) is 22.7. The van der Waals surface area contributed by atoms with Gasteiger partial charge in [0.05, 0.1) is 13.2 Å². The quantitative estimate of drug-likeness (QED) is 0.0431. The van der Waals surface area contributed by atoms with Gasteiger partial charge in [0.1, 0.15) is 30.5 Å². The second-order valence-electron chi connectivity index (χ2n) is 13.0. The third-order valence-corrected chi connectivity index (χ3v) is 8.79. The second kappa shape index (κ2) is 30.9. The van der Waals surface area contributed by atoms with Crippen LogP contribution in [-0.4, -0.2) is 94.7 Å². The zero-order chi connectivity index (χ0) is 34.7. The van der Waals surface area contributed by atoms with Crippen LogP contribution in [0.2, 0.25) is 0 Å². The average Bonchev–Trinajstić information content (AvgIpc) is 3.05. The number of carbonyl (C=O) groups is 3. The molecule has 0 aromatic rings. The number of carbonyl (C=O) groups excluding carboxylic acids is 3. The Morgan fingerprint density at radius 3 is 1.69 bits per heavy atom. The van der Waals surface area contributed by atoms with Gasteiger partial charge in [0.25, 0.3) is 0 Å². The van der Waals surface area contributed by atoms with Crippen molar-refractivity contribution < 1.29 is 78.9 Å². The molecule has 0 bridgehead atoms. The van der Waals surface area contributed by atoms with E-state index in [-0.39, 0.29) is 54.9 Å². The molecular formula is C35H65N2NaO10. The summed E-state index contributed by atoms with van der Waals surface area (Å²) in [7, 11) is 0. The summed E-state index contributed by atoms with van der Waals surface area (Å²) in [5.74, 6) is -1.75. The number of carboxylic acids is 1. The monoisotopic (exact) mass is 696 g/mol. The molecule has 276 valence electrons. The van der Waals surface area contributed by atoms with Gasteiger partial charge >= 0.3 is 29.6 Å². The average molecular weight is 697 g/mol. The summed E-state index contributed by atoms with van der Waals surface area (Å²) in [6, 6.07) is -1.06. The van der Waals surface area contributed by atoms with Crippen molar-refractivity contribution in [2.24, 2.45) is 0 Å². The molecule has 0 aromatic heterocycles. The Hall–Kier alpha value is -0.830. The van der Waals surface area contributed by atoms with E-state index in [0.29, 0.717) is 19.4 Å². The number of hydrogen-bond donors (Lipinski definition) is 6. The van der Waals surface area contributed by atoms with Crippen molar-refractivity contribution in [1.82, 2.24) is 10.6 Å². The molecule has 0 aromatic carbocycles. The van der Waals surface area contributed by atoms with Crippen molar-refractivity contribution >= 4 is 17.8 Å². The van der Waals surface area contributed by atoms with Crippen LogP contribution in [0, 0.1) is 0 Å². The summed E-state index contributed by atoms with van der Waals surface area (Å²) in [6.07, 6.45) is 14.5. The normalized spacial score (nSPS) is 21.3. The van der Waals surface area contributed by atoms with Crippen LogP contribution in [0.15, 0.2) is 0 Å².